The van der Waals surface area contributed by atoms with E-state index in [1.165, 1.54) is 0 Å². The molecule has 4 nitrogen and oxygen atoms in total. The van der Waals surface area contributed by atoms with Crippen molar-refractivity contribution in [2.45, 2.75) is 6.04 Å². The first-order valence-electron chi connectivity index (χ1n) is 4.14. The summed E-state index contributed by atoms with van der Waals surface area (Å²) in [7, 11) is 1.60. The number of hydrogen-bond acceptors (Lipinski definition) is 4. The third-order valence-corrected chi connectivity index (χ3v) is 1.61. The summed E-state index contributed by atoms with van der Waals surface area (Å²) < 4.78 is 4.92. The molecule has 0 saturated carbocycles. The minimum Gasteiger partial charge on any atom is -0.394 e. The molecule has 0 bridgehead atoms. The number of ether oxygens (including phenoxy) is 1. The van der Waals surface area contributed by atoms with Crippen molar-refractivity contribution in [3.63, 3.8) is 0 Å². The number of hydrogen-bond donors (Lipinski definition) is 2. The Balaban J connectivity index is 2.46. The molecule has 1 aromatic heterocycles. The zero-order valence-corrected chi connectivity index (χ0v) is 7.60. The van der Waals surface area contributed by atoms with Crippen LogP contribution in [-0.2, 0) is 4.74 Å². The second kappa shape index (κ2) is 5.50. The number of nitrogens with one attached hydrogen (secondary N) is 1. The summed E-state index contributed by atoms with van der Waals surface area (Å²) in [4.78, 5) is 4.07. The van der Waals surface area contributed by atoms with E-state index in [9.17, 15) is 0 Å². The number of nitrogens with zero attached hydrogens (tertiary/aromatic N) is 1. The predicted molar refractivity (Wildman–Crippen MR) is 50.6 cm³/mol. The second-order valence-electron chi connectivity index (χ2n) is 2.69. The van der Waals surface area contributed by atoms with E-state index >= 15 is 0 Å². The van der Waals surface area contributed by atoms with Crippen molar-refractivity contribution < 1.29 is 9.84 Å². The molecule has 1 aromatic rings. The normalized spacial score (nSPS) is 12.5. The topological polar surface area (TPSA) is 54.4 Å². The number of methoxy groups -OCH3 is 1. The van der Waals surface area contributed by atoms with Crippen molar-refractivity contribution in [1.82, 2.24) is 4.98 Å². The number of rotatable bonds is 5. The van der Waals surface area contributed by atoms with Crippen LogP contribution in [0.1, 0.15) is 0 Å². The maximum Gasteiger partial charge on any atom is 0.126 e. The SMILES string of the molecule is COCC(CO)Nc1ccccn1. The van der Waals surface area contributed by atoms with Gasteiger partial charge in [-0.25, -0.2) is 4.98 Å². The summed E-state index contributed by atoms with van der Waals surface area (Å²) >= 11 is 0. The lowest BCUT2D eigenvalue weighted by Gasteiger charge is -2.15. The molecule has 72 valence electrons. The number of anilines is 1. The highest BCUT2D eigenvalue weighted by Gasteiger charge is 2.05. The summed E-state index contributed by atoms with van der Waals surface area (Å²) in [6, 6.07) is 5.48. The van der Waals surface area contributed by atoms with Gasteiger partial charge in [-0.3, -0.25) is 0 Å². The lowest BCUT2D eigenvalue weighted by molar-refractivity contribution is 0.153. The van der Waals surface area contributed by atoms with Gasteiger partial charge in [-0.05, 0) is 12.1 Å². The van der Waals surface area contributed by atoms with Crippen molar-refractivity contribution in [3.8, 4) is 0 Å². The van der Waals surface area contributed by atoms with Crippen LogP contribution in [0.15, 0.2) is 24.4 Å². The molecule has 13 heavy (non-hydrogen) atoms. The third-order valence-electron chi connectivity index (χ3n) is 1.61. The molecule has 0 saturated heterocycles. The Morgan fingerprint density at radius 2 is 2.46 bits per heavy atom. The van der Waals surface area contributed by atoms with Crippen molar-refractivity contribution >= 4 is 5.82 Å². The van der Waals surface area contributed by atoms with Crippen LogP contribution in [-0.4, -0.2) is 36.5 Å². The predicted octanol–water partition coefficient (Wildman–Crippen LogP) is 0.501. The summed E-state index contributed by atoms with van der Waals surface area (Å²) in [5.74, 6) is 0.749. The van der Waals surface area contributed by atoms with Crippen molar-refractivity contribution in [2.75, 3.05) is 25.6 Å². The van der Waals surface area contributed by atoms with E-state index in [2.05, 4.69) is 10.3 Å². The highest BCUT2D eigenvalue weighted by atomic mass is 16.5. The van der Waals surface area contributed by atoms with Crippen molar-refractivity contribution in [2.24, 2.45) is 0 Å². The third kappa shape index (κ3) is 3.40. The lowest BCUT2D eigenvalue weighted by atomic mass is 10.3. The zero-order chi connectivity index (χ0) is 9.52. The Labute approximate surface area is 77.6 Å². The first-order chi connectivity index (χ1) is 6.36. The summed E-state index contributed by atoms with van der Waals surface area (Å²) in [5.41, 5.74) is 0. The van der Waals surface area contributed by atoms with Crippen molar-refractivity contribution in [1.29, 1.82) is 0 Å². The molecule has 4 heteroatoms. The molecule has 0 aliphatic rings. The van der Waals surface area contributed by atoms with Gasteiger partial charge in [0, 0.05) is 13.3 Å². The van der Waals surface area contributed by atoms with Crippen LogP contribution in [0.2, 0.25) is 0 Å². The molecule has 0 aromatic carbocycles. The van der Waals surface area contributed by atoms with E-state index in [4.69, 9.17) is 9.84 Å². The van der Waals surface area contributed by atoms with Gasteiger partial charge in [-0.1, -0.05) is 6.07 Å². The first kappa shape index (κ1) is 9.95. The molecule has 1 rings (SSSR count). The van der Waals surface area contributed by atoms with Gasteiger partial charge in [0.1, 0.15) is 5.82 Å². The van der Waals surface area contributed by atoms with Gasteiger partial charge in [-0.2, -0.15) is 0 Å². The molecule has 1 atom stereocenters. The van der Waals surface area contributed by atoms with Gasteiger partial charge in [-0.15, -0.1) is 0 Å². The standard InChI is InChI=1S/C9H14N2O2/c1-13-7-8(6-12)11-9-4-2-3-5-10-9/h2-5,8,12H,6-7H2,1H3,(H,10,11). The average Bonchev–Trinajstić information content (AvgIpc) is 2.19. The van der Waals surface area contributed by atoms with E-state index in [-0.39, 0.29) is 12.6 Å². The Hall–Kier alpha value is -1.13. The van der Waals surface area contributed by atoms with Crippen LogP contribution >= 0.6 is 0 Å². The fraction of sp³-hybridized carbons (Fsp3) is 0.444. The Morgan fingerprint density at radius 3 is 3.00 bits per heavy atom. The number of aromatic nitrogens is 1. The molecule has 1 heterocycles. The van der Waals surface area contributed by atoms with Gasteiger partial charge in [0.05, 0.1) is 19.3 Å². The van der Waals surface area contributed by atoms with Gasteiger partial charge >= 0.3 is 0 Å². The summed E-state index contributed by atoms with van der Waals surface area (Å²) in [6.45, 7) is 0.498. The van der Waals surface area contributed by atoms with Crippen molar-refractivity contribution in [3.05, 3.63) is 24.4 Å². The number of pyridine rings is 1. The van der Waals surface area contributed by atoms with E-state index < -0.39 is 0 Å². The first-order valence-corrected chi connectivity index (χ1v) is 4.14. The fourth-order valence-corrected chi connectivity index (χ4v) is 0.998. The van der Waals surface area contributed by atoms with Crippen LogP contribution in [0.4, 0.5) is 5.82 Å². The van der Waals surface area contributed by atoms with Gasteiger partial charge in [0.25, 0.3) is 0 Å². The van der Waals surface area contributed by atoms with Gasteiger partial charge in [0.15, 0.2) is 0 Å². The van der Waals surface area contributed by atoms with E-state index in [0.29, 0.717) is 6.61 Å². The largest absolute Gasteiger partial charge is 0.394 e. The van der Waals surface area contributed by atoms with E-state index in [1.54, 1.807) is 13.3 Å². The molecular formula is C9H14N2O2. The molecule has 1 unspecified atom stereocenters. The molecule has 2 N–H and O–H groups in total. The van der Waals surface area contributed by atoms with Crippen LogP contribution in [0.25, 0.3) is 0 Å². The van der Waals surface area contributed by atoms with Gasteiger partial charge < -0.3 is 15.2 Å². The highest BCUT2D eigenvalue weighted by Crippen LogP contribution is 2.02. The molecule has 0 spiro atoms. The number of aliphatic hydroxyl groups excluding tert-OH is 1. The van der Waals surface area contributed by atoms with Crippen LogP contribution in [0.5, 0.6) is 0 Å². The Kier molecular flexibility index (Phi) is 4.21. The Morgan fingerprint density at radius 1 is 1.62 bits per heavy atom. The minimum absolute atomic E-state index is 0.0322. The lowest BCUT2D eigenvalue weighted by Crippen LogP contribution is -2.29. The summed E-state index contributed by atoms with van der Waals surface area (Å²) in [6.07, 6.45) is 1.70. The molecular weight excluding hydrogens is 168 g/mol. The second-order valence-corrected chi connectivity index (χ2v) is 2.69. The van der Waals surface area contributed by atoms with Crippen LogP contribution < -0.4 is 5.32 Å². The Bertz CT molecular complexity index is 228. The molecule has 0 aliphatic carbocycles. The maximum atomic E-state index is 8.95. The van der Waals surface area contributed by atoms with E-state index in [0.717, 1.165) is 5.82 Å². The minimum atomic E-state index is -0.0973. The quantitative estimate of drug-likeness (QED) is 0.696. The smallest absolute Gasteiger partial charge is 0.126 e. The maximum absolute atomic E-state index is 8.95. The number of aliphatic hydroxyl groups is 1. The molecule has 0 radical (unpaired) electrons. The van der Waals surface area contributed by atoms with Crippen LogP contribution in [0, 0.1) is 0 Å². The van der Waals surface area contributed by atoms with Crippen LogP contribution in [0.3, 0.4) is 0 Å². The zero-order valence-electron chi connectivity index (χ0n) is 7.60. The highest BCUT2D eigenvalue weighted by molar-refractivity contribution is 5.34. The van der Waals surface area contributed by atoms with Gasteiger partial charge in [0.2, 0.25) is 0 Å². The molecule has 0 amide bonds. The van der Waals surface area contributed by atoms with E-state index in [1.807, 2.05) is 18.2 Å². The monoisotopic (exact) mass is 182 g/mol. The average molecular weight is 182 g/mol. The fourth-order valence-electron chi connectivity index (χ4n) is 0.998. The molecule has 0 aliphatic heterocycles. The summed E-state index contributed by atoms with van der Waals surface area (Å²) in [5, 5.41) is 12.0. The molecule has 0 fully saturated rings.